The topological polar surface area (TPSA) is 29.1 Å². The molecule has 12 heavy (non-hydrogen) atoms. The van der Waals surface area contributed by atoms with E-state index in [2.05, 4.69) is 13.4 Å². The third-order valence-corrected chi connectivity index (χ3v) is 1.70. The molecule has 60 valence electrons. The van der Waals surface area contributed by atoms with Crippen LogP contribution in [0.4, 0.5) is 4.32 Å². The van der Waals surface area contributed by atoms with Crippen molar-refractivity contribution in [3.05, 3.63) is 35.4 Å². The monoisotopic (exact) mass is 163 g/mol. The van der Waals surface area contributed by atoms with Gasteiger partial charge in [0.1, 0.15) is 0 Å². The minimum absolute atomic E-state index is 0.0515. The van der Waals surface area contributed by atoms with Gasteiger partial charge in [0.25, 0.3) is 5.91 Å². The van der Waals surface area contributed by atoms with Crippen LogP contribution in [-0.2, 0) is 6.54 Å². The molecule has 0 aromatic heterocycles. The van der Waals surface area contributed by atoms with Gasteiger partial charge in [-0.2, -0.15) is 0 Å². The third kappa shape index (κ3) is 1.47. The second-order valence-corrected chi connectivity index (χ2v) is 2.34. The first-order chi connectivity index (χ1) is 5.88. The summed E-state index contributed by atoms with van der Waals surface area (Å²) < 4.78 is 9.00. The zero-order valence-electron chi connectivity index (χ0n) is 6.38. The van der Waals surface area contributed by atoms with Crippen molar-refractivity contribution in [3.63, 3.8) is 0 Å². The van der Waals surface area contributed by atoms with Crippen LogP contribution >= 0.6 is 0 Å². The van der Waals surface area contributed by atoms with Gasteiger partial charge in [0.2, 0.25) is 0 Å². The predicted molar refractivity (Wildman–Crippen MR) is 44.5 cm³/mol. The van der Waals surface area contributed by atoms with Gasteiger partial charge in [-0.1, -0.05) is 18.2 Å². The average Bonchev–Trinajstić information content (AvgIpc) is 2.53. The fourth-order valence-corrected chi connectivity index (χ4v) is 1.17. The maximum absolute atomic E-state index is 11.0. The SMILES string of the molecule is O=C1NCc2ccccc21.[B]F. The molecule has 4 heteroatoms. The van der Waals surface area contributed by atoms with E-state index in [0.717, 1.165) is 11.1 Å². The number of carbonyl (C=O) groups is 1. The van der Waals surface area contributed by atoms with Crippen molar-refractivity contribution in [2.24, 2.45) is 0 Å². The minimum atomic E-state index is 0.0515. The second kappa shape index (κ2) is 3.90. The quantitative estimate of drug-likeness (QED) is 0.567. The number of carbonyl (C=O) groups excluding carboxylic acids is 1. The van der Waals surface area contributed by atoms with Gasteiger partial charge in [0.05, 0.1) is 0 Å². The van der Waals surface area contributed by atoms with E-state index in [1.165, 1.54) is 0 Å². The molecule has 1 N–H and O–H groups in total. The Bertz CT molecular complexity index is 290. The minimum Gasteiger partial charge on any atom is -0.350 e. The number of benzene rings is 1. The highest BCUT2D eigenvalue weighted by atomic mass is 19.1. The van der Waals surface area contributed by atoms with Gasteiger partial charge in [-0.3, -0.25) is 4.79 Å². The zero-order chi connectivity index (χ0) is 8.97. The standard InChI is InChI=1S/C8H7NO.BF/c10-8-7-4-2-1-3-6(7)5-9-8;1-2/h1-4H,5H2,(H,9,10);. The van der Waals surface area contributed by atoms with E-state index in [1.807, 2.05) is 24.3 Å². The molecule has 1 amide bonds. The molecule has 1 aliphatic rings. The third-order valence-electron chi connectivity index (χ3n) is 1.70. The number of hydrogen-bond donors (Lipinski definition) is 1. The molecule has 0 saturated carbocycles. The van der Waals surface area contributed by atoms with Gasteiger partial charge >= 0.3 is 8.12 Å². The molecule has 0 fully saturated rings. The highest BCUT2D eigenvalue weighted by Gasteiger charge is 2.16. The van der Waals surface area contributed by atoms with Crippen LogP contribution in [0.15, 0.2) is 24.3 Å². The first kappa shape index (κ1) is 8.78. The maximum atomic E-state index is 11.0. The molecular weight excluding hydrogens is 156 g/mol. The molecule has 1 aromatic carbocycles. The smallest absolute Gasteiger partial charge is 0.350 e. The predicted octanol–water partition coefficient (Wildman–Crippen LogP) is 0.969. The van der Waals surface area contributed by atoms with Crippen LogP contribution in [0.3, 0.4) is 0 Å². The van der Waals surface area contributed by atoms with Crippen LogP contribution in [0, 0.1) is 0 Å². The second-order valence-electron chi connectivity index (χ2n) is 2.34. The van der Waals surface area contributed by atoms with Gasteiger partial charge in [0, 0.05) is 12.1 Å². The number of halogens is 1. The Kier molecular flexibility index (Phi) is 2.85. The summed E-state index contributed by atoms with van der Waals surface area (Å²) in [7, 11) is 3.00. The number of fused-ring (bicyclic) bond motifs is 1. The van der Waals surface area contributed by atoms with E-state index in [4.69, 9.17) is 4.32 Å². The number of amides is 1. The average molecular weight is 163 g/mol. The van der Waals surface area contributed by atoms with Crippen molar-refractivity contribution < 1.29 is 9.11 Å². The lowest BCUT2D eigenvalue weighted by molar-refractivity contribution is 0.0966. The zero-order valence-corrected chi connectivity index (χ0v) is 6.38. The summed E-state index contributed by atoms with van der Waals surface area (Å²) in [4.78, 5) is 11.0. The lowest BCUT2D eigenvalue weighted by atomic mass is 10.1. The van der Waals surface area contributed by atoms with E-state index in [9.17, 15) is 4.79 Å². The van der Waals surface area contributed by atoms with Gasteiger partial charge in [-0.05, 0) is 11.6 Å². The summed E-state index contributed by atoms with van der Waals surface area (Å²) in [6.07, 6.45) is 0. The summed E-state index contributed by atoms with van der Waals surface area (Å²) in [5.41, 5.74) is 1.93. The fourth-order valence-electron chi connectivity index (χ4n) is 1.17. The Balaban J connectivity index is 0.000000336. The van der Waals surface area contributed by atoms with Gasteiger partial charge in [-0.25, -0.2) is 0 Å². The molecule has 2 rings (SSSR count). The van der Waals surface area contributed by atoms with Crippen molar-refractivity contribution in [2.75, 3.05) is 0 Å². The van der Waals surface area contributed by atoms with Crippen LogP contribution in [-0.4, -0.2) is 14.0 Å². The van der Waals surface area contributed by atoms with Crippen LogP contribution in [0.2, 0.25) is 0 Å². The lowest BCUT2D eigenvalue weighted by Gasteiger charge is -1.89. The highest BCUT2D eigenvalue weighted by Crippen LogP contribution is 2.13. The normalized spacial score (nSPS) is 12.6. The molecular formula is C8H7BFNO. The van der Waals surface area contributed by atoms with Crippen LogP contribution in [0.25, 0.3) is 0 Å². The molecule has 0 atom stereocenters. The number of hydrogen-bond acceptors (Lipinski definition) is 1. The van der Waals surface area contributed by atoms with Crippen molar-refractivity contribution in [2.45, 2.75) is 6.54 Å². The lowest BCUT2D eigenvalue weighted by Crippen LogP contribution is -2.12. The summed E-state index contributed by atoms with van der Waals surface area (Å²) in [5.74, 6) is 0.0515. The van der Waals surface area contributed by atoms with Crippen molar-refractivity contribution in [1.29, 1.82) is 0 Å². The van der Waals surface area contributed by atoms with E-state index >= 15 is 0 Å². The number of rotatable bonds is 0. The molecule has 2 radical (unpaired) electrons. The van der Waals surface area contributed by atoms with Crippen LogP contribution in [0.1, 0.15) is 15.9 Å². The fraction of sp³-hybridized carbons (Fsp3) is 0.125. The van der Waals surface area contributed by atoms with E-state index in [0.29, 0.717) is 6.54 Å². The van der Waals surface area contributed by atoms with E-state index in [-0.39, 0.29) is 5.91 Å². The molecule has 1 heterocycles. The molecule has 0 bridgehead atoms. The Labute approximate surface area is 71.2 Å². The van der Waals surface area contributed by atoms with Gasteiger partial charge in [-0.15, -0.1) is 0 Å². The van der Waals surface area contributed by atoms with Crippen molar-refractivity contribution in [1.82, 2.24) is 5.32 Å². The summed E-state index contributed by atoms with van der Waals surface area (Å²) >= 11 is 0. The molecule has 0 saturated heterocycles. The highest BCUT2D eigenvalue weighted by molar-refractivity contribution is 5.98. The van der Waals surface area contributed by atoms with Crippen molar-refractivity contribution in [3.8, 4) is 0 Å². The molecule has 0 aliphatic carbocycles. The van der Waals surface area contributed by atoms with Gasteiger partial charge in [0.15, 0.2) is 0 Å². The Morgan fingerprint density at radius 3 is 2.67 bits per heavy atom. The van der Waals surface area contributed by atoms with Gasteiger partial charge < -0.3 is 9.63 Å². The summed E-state index contributed by atoms with van der Waals surface area (Å²) in [6.45, 7) is 0.689. The Morgan fingerprint density at radius 2 is 2.00 bits per heavy atom. The molecule has 1 aliphatic heterocycles. The Morgan fingerprint density at radius 1 is 1.33 bits per heavy atom. The summed E-state index contributed by atoms with van der Waals surface area (Å²) in [6, 6.07) is 7.63. The maximum Gasteiger partial charge on any atom is 0.350 e. The first-order valence-electron chi connectivity index (χ1n) is 3.46. The van der Waals surface area contributed by atoms with E-state index < -0.39 is 0 Å². The van der Waals surface area contributed by atoms with Crippen LogP contribution in [0.5, 0.6) is 0 Å². The molecule has 0 unspecified atom stereocenters. The van der Waals surface area contributed by atoms with Crippen molar-refractivity contribution >= 4 is 14.0 Å². The van der Waals surface area contributed by atoms with E-state index in [1.54, 1.807) is 0 Å². The molecule has 1 aromatic rings. The summed E-state index contributed by atoms with van der Waals surface area (Å²) in [5, 5.41) is 2.75. The first-order valence-corrected chi connectivity index (χ1v) is 3.46. The molecule has 0 spiro atoms. The number of nitrogens with one attached hydrogen (secondary N) is 1. The molecule has 2 nitrogen and oxygen atoms in total. The van der Waals surface area contributed by atoms with Crippen LogP contribution < -0.4 is 5.32 Å². The largest absolute Gasteiger partial charge is 0.350 e. The Hall–Kier alpha value is -1.32.